The fourth-order valence-corrected chi connectivity index (χ4v) is 5.39. The molecule has 1 unspecified atom stereocenters. The molecule has 0 saturated heterocycles. The number of aromatic nitrogens is 4. The molecular formula is C27H23Cl2N5O5. The minimum Gasteiger partial charge on any atom is -0.480 e. The lowest BCUT2D eigenvalue weighted by molar-refractivity contribution is 0.0989. The molecule has 0 N–H and O–H groups in total. The van der Waals surface area contributed by atoms with Crippen LogP contribution >= 0.6 is 23.2 Å². The zero-order valence-corrected chi connectivity index (χ0v) is 22.9. The van der Waals surface area contributed by atoms with Crippen molar-refractivity contribution in [2.75, 3.05) is 25.9 Å². The molecule has 0 spiro atoms. The first-order chi connectivity index (χ1) is 18.8. The van der Waals surface area contributed by atoms with Crippen molar-refractivity contribution in [3.05, 3.63) is 69.6 Å². The lowest BCUT2D eigenvalue weighted by Crippen LogP contribution is -2.30. The number of amides is 1. The molecule has 0 radical (unpaired) electrons. The van der Waals surface area contributed by atoms with E-state index >= 15 is 0 Å². The van der Waals surface area contributed by atoms with E-state index in [0.717, 1.165) is 5.56 Å². The summed E-state index contributed by atoms with van der Waals surface area (Å²) in [4.78, 5) is 29.3. The fourth-order valence-electron chi connectivity index (χ4n) is 5.00. The lowest BCUT2D eigenvalue weighted by Gasteiger charge is -2.29. The zero-order chi connectivity index (χ0) is 27.4. The standard InChI is InChI=1S/C27H23Cl2N5O5/c1-13(2)33-22-20(31-24(33)17-11-30-27(37-4)32-25(17)36-3)26(35)34(21(22)14-5-7-15(28)8-6-14)16-9-18(29)23-19(10-16)38-12-39-23/h5-11,13,21H,12H2,1-4H3. The van der Waals surface area contributed by atoms with Crippen LogP contribution in [0.3, 0.4) is 0 Å². The van der Waals surface area contributed by atoms with Crippen LogP contribution in [0, 0.1) is 0 Å². The number of carbonyl (C=O) groups excluding carboxylic acids is 1. The lowest BCUT2D eigenvalue weighted by atomic mass is 10.0. The molecule has 39 heavy (non-hydrogen) atoms. The van der Waals surface area contributed by atoms with Gasteiger partial charge < -0.3 is 23.5 Å². The van der Waals surface area contributed by atoms with Crippen LogP contribution in [0.1, 0.15) is 47.7 Å². The van der Waals surface area contributed by atoms with Crippen LogP contribution in [-0.4, -0.2) is 46.4 Å². The number of rotatable bonds is 6. The van der Waals surface area contributed by atoms with Crippen molar-refractivity contribution in [3.8, 4) is 34.8 Å². The van der Waals surface area contributed by atoms with Gasteiger partial charge in [0.1, 0.15) is 11.9 Å². The Morgan fingerprint density at radius 1 is 1.05 bits per heavy atom. The molecule has 4 heterocycles. The minimum atomic E-state index is -0.546. The number of carbonyl (C=O) groups is 1. The van der Waals surface area contributed by atoms with Gasteiger partial charge in [0.05, 0.1) is 36.2 Å². The highest BCUT2D eigenvalue weighted by Crippen LogP contribution is 2.49. The third-order valence-corrected chi connectivity index (χ3v) is 7.16. The summed E-state index contributed by atoms with van der Waals surface area (Å²) in [6, 6.07) is 10.3. The fraction of sp³-hybridized carbons (Fsp3) is 0.259. The summed E-state index contributed by atoms with van der Waals surface area (Å²) < 4.78 is 23.8. The molecule has 0 fully saturated rings. The summed E-state index contributed by atoms with van der Waals surface area (Å²) in [5, 5.41) is 0.930. The molecule has 0 bridgehead atoms. The van der Waals surface area contributed by atoms with E-state index in [2.05, 4.69) is 9.97 Å². The van der Waals surface area contributed by atoms with Gasteiger partial charge in [0.25, 0.3) is 5.91 Å². The van der Waals surface area contributed by atoms with Crippen molar-refractivity contribution >= 4 is 34.8 Å². The van der Waals surface area contributed by atoms with E-state index in [1.807, 2.05) is 30.5 Å². The second kappa shape index (κ2) is 9.62. The van der Waals surface area contributed by atoms with Gasteiger partial charge in [0.15, 0.2) is 17.2 Å². The molecule has 12 heteroatoms. The quantitative estimate of drug-likeness (QED) is 0.291. The van der Waals surface area contributed by atoms with E-state index in [4.69, 9.17) is 47.1 Å². The summed E-state index contributed by atoms with van der Waals surface area (Å²) in [5.74, 6) is 1.41. The molecule has 1 amide bonds. The predicted molar refractivity (Wildman–Crippen MR) is 144 cm³/mol. The third kappa shape index (κ3) is 4.02. The topological polar surface area (TPSA) is 101 Å². The molecule has 0 saturated carbocycles. The number of hydrogen-bond acceptors (Lipinski definition) is 8. The van der Waals surface area contributed by atoms with Gasteiger partial charge in [-0.15, -0.1) is 0 Å². The third-order valence-electron chi connectivity index (χ3n) is 6.63. The number of ether oxygens (including phenoxy) is 4. The molecule has 2 aliphatic rings. The van der Waals surface area contributed by atoms with Gasteiger partial charge >= 0.3 is 6.01 Å². The first-order valence-corrected chi connectivity index (χ1v) is 12.8. The monoisotopic (exact) mass is 567 g/mol. The van der Waals surface area contributed by atoms with Crippen LogP contribution < -0.4 is 23.8 Å². The molecular weight excluding hydrogens is 545 g/mol. The molecule has 0 aliphatic carbocycles. The molecule has 1 atom stereocenters. The molecule has 10 nitrogen and oxygen atoms in total. The molecule has 4 aromatic rings. The highest BCUT2D eigenvalue weighted by atomic mass is 35.5. The van der Waals surface area contributed by atoms with E-state index in [9.17, 15) is 4.79 Å². The normalized spacial score (nSPS) is 15.7. The number of methoxy groups -OCH3 is 2. The van der Waals surface area contributed by atoms with E-state index in [1.54, 1.807) is 35.4 Å². The number of fused-ring (bicyclic) bond motifs is 2. The summed E-state index contributed by atoms with van der Waals surface area (Å²) >= 11 is 12.8. The Bertz CT molecular complexity index is 1610. The van der Waals surface area contributed by atoms with E-state index in [1.165, 1.54) is 14.2 Å². The van der Waals surface area contributed by atoms with Crippen molar-refractivity contribution in [2.45, 2.75) is 25.9 Å². The van der Waals surface area contributed by atoms with Crippen LogP contribution in [-0.2, 0) is 0 Å². The molecule has 2 aromatic heterocycles. The van der Waals surface area contributed by atoms with Gasteiger partial charge in [-0.05, 0) is 37.6 Å². The maximum atomic E-state index is 14.2. The Balaban J connectivity index is 1.59. The highest BCUT2D eigenvalue weighted by Gasteiger charge is 2.45. The first-order valence-electron chi connectivity index (χ1n) is 12.1. The van der Waals surface area contributed by atoms with Gasteiger partial charge in [0.2, 0.25) is 12.7 Å². The van der Waals surface area contributed by atoms with E-state index in [-0.39, 0.29) is 30.6 Å². The van der Waals surface area contributed by atoms with Gasteiger partial charge in [0, 0.05) is 23.3 Å². The van der Waals surface area contributed by atoms with Crippen LogP contribution in [0.25, 0.3) is 11.4 Å². The molecule has 2 aromatic carbocycles. The Kier molecular flexibility index (Phi) is 6.23. The van der Waals surface area contributed by atoms with Crippen molar-refractivity contribution in [1.29, 1.82) is 0 Å². The van der Waals surface area contributed by atoms with Gasteiger partial charge in [-0.1, -0.05) is 35.3 Å². The Hall–Kier alpha value is -4.02. The zero-order valence-electron chi connectivity index (χ0n) is 21.4. The number of nitrogens with zero attached hydrogens (tertiary/aromatic N) is 5. The van der Waals surface area contributed by atoms with E-state index < -0.39 is 6.04 Å². The number of anilines is 1. The Morgan fingerprint density at radius 3 is 2.51 bits per heavy atom. The maximum absolute atomic E-state index is 14.2. The molecule has 6 rings (SSSR count). The summed E-state index contributed by atoms with van der Waals surface area (Å²) in [6.07, 6.45) is 1.58. The smallest absolute Gasteiger partial charge is 0.319 e. The summed E-state index contributed by atoms with van der Waals surface area (Å²) in [5.41, 5.74) is 2.92. The van der Waals surface area contributed by atoms with Gasteiger partial charge in [-0.25, -0.2) is 9.97 Å². The number of hydrogen-bond donors (Lipinski definition) is 0. The van der Waals surface area contributed by atoms with Crippen molar-refractivity contribution < 1.29 is 23.7 Å². The van der Waals surface area contributed by atoms with Gasteiger partial charge in [-0.3, -0.25) is 9.69 Å². The number of benzene rings is 2. The predicted octanol–water partition coefficient (Wildman–Crippen LogP) is 5.72. The average Bonchev–Trinajstić information content (AvgIpc) is 3.63. The summed E-state index contributed by atoms with van der Waals surface area (Å²) in [7, 11) is 2.98. The van der Waals surface area contributed by atoms with E-state index in [0.29, 0.717) is 50.0 Å². The minimum absolute atomic E-state index is 0.0579. The van der Waals surface area contributed by atoms with Crippen LogP contribution in [0.15, 0.2) is 42.6 Å². The second-order valence-corrected chi connectivity index (χ2v) is 10.0. The molecule has 2 aliphatic heterocycles. The van der Waals surface area contributed by atoms with Crippen LogP contribution in [0.5, 0.6) is 23.4 Å². The van der Waals surface area contributed by atoms with Crippen molar-refractivity contribution in [3.63, 3.8) is 0 Å². The first kappa shape index (κ1) is 25.3. The SMILES string of the molecule is COc1ncc(-c2nc3c(n2C(C)C)C(c2ccc(Cl)cc2)N(c2cc(Cl)c4c(c2)OCO4)C3=O)c(OC)n1. The number of halogens is 2. The Morgan fingerprint density at radius 2 is 1.82 bits per heavy atom. The largest absolute Gasteiger partial charge is 0.480 e. The number of imidazole rings is 1. The Labute approximate surface area is 234 Å². The van der Waals surface area contributed by atoms with Crippen LogP contribution in [0.4, 0.5) is 5.69 Å². The molecule has 200 valence electrons. The van der Waals surface area contributed by atoms with Gasteiger partial charge in [-0.2, -0.15) is 4.98 Å². The van der Waals surface area contributed by atoms with Crippen molar-refractivity contribution in [1.82, 2.24) is 19.5 Å². The maximum Gasteiger partial charge on any atom is 0.319 e. The highest BCUT2D eigenvalue weighted by molar-refractivity contribution is 6.33. The van der Waals surface area contributed by atoms with Crippen molar-refractivity contribution in [2.24, 2.45) is 0 Å². The second-order valence-electron chi connectivity index (χ2n) is 9.20. The summed E-state index contributed by atoms with van der Waals surface area (Å²) in [6.45, 7) is 4.10. The van der Waals surface area contributed by atoms with Crippen LogP contribution in [0.2, 0.25) is 10.0 Å². The average molecular weight is 568 g/mol.